The number of carboxylic acids is 1. The Bertz CT molecular complexity index is 519. The molecule has 0 aliphatic carbocycles. The monoisotopic (exact) mass is 297 g/mol. The van der Waals surface area contributed by atoms with Crippen LogP contribution in [0.5, 0.6) is 0 Å². The first kappa shape index (κ1) is 14.5. The molecule has 2 rings (SSSR count). The Morgan fingerprint density at radius 2 is 2.05 bits per heavy atom. The number of ether oxygens (including phenoxy) is 1. The molecule has 7 heteroatoms. The maximum atomic E-state index is 11.8. The molecule has 1 N–H and O–H groups in total. The van der Waals surface area contributed by atoms with Gasteiger partial charge >= 0.3 is 12.1 Å². The summed E-state index contributed by atoms with van der Waals surface area (Å²) in [5.74, 6) is -0.676. The minimum absolute atomic E-state index is 0.108. The second kappa shape index (κ2) is 6.51. The number of hydrogen-bond donors (Lipinski definition) is 1. The van der Waals surface area contributed by atoms with Crippen molar-refractivity contribution in [1.29, 1.82) is 0 Å². The third kappa shape index (κ3) is 3.80. The van der Waals surface area contributed by atoms with Crippen LogP contribution in [0.3, 0.4) is 0 Å². The maximum Gasteiger partial charge on any atom is 0.411 e. The van der Waals surface area contributed by atoms with Crippen molar-refractivity contribution in [2.75, 3.05) is 18.2 Å². The average molecular weight is 297 g/mol. The lowest BCUT2D eigenvalue weighted by Gasteiger charge is -2.18. The molecule has 1 aliphatic rings. The highest BCUT2D eigenvalue weighted by Gasteiger charge is 2.29. The van der Waals surface area contributed by atoms with Gasteiger partial charge in [0.15, 0.2) is 0 Å². The normalized spacial score (nSPS) is 19.6. The fraction of sp³-hybridized carbons (Fsp3) is 0.385. The molecule has 0 bridgehead atoms. The molecule has 108 valence electrons. The third-order valence-corrected chi connectivity index (χ3v) is 4.17. The lowest BCUT2D eigenvalue weighted by Crippen LogP contribution is -2.36. The quantitative estimate of drug-likeness (QED) is 0.890. The first-order valence-corrected chi connectivity index (χ1v) is 7.62. The van der Waals surface area contributed by atoms with Crippen molar-refractivity contribution in [3.63, 3.8) is 0 Å². The zero-order chi connectivity index (χ0) is 14.5. The molecule has 1 aromatic carbocycles. The molecular weight excluding hydrogens is 282 g/mol. The topological polar surface area (TPSA) is 83.9 Å². The van der Waals surface area contributed by atoms with E-state index in [1.807, 2.05) is 6.07 Å². The van der Waals surface area contributed by atoms with Crippen molar-refractivity contribution in [3.8, 4) is 0 Å². The largest absolute Gasteiger partial charge is 0.478 e. The van der Waals surface area contributed by atoms with Gasteiger partial charge in [0.25, 0.3) is 0 Å². The number of carbonyl (C=O) groups is 2. The van der Waals surface area contributed by atoms with E-state index in [-0.39, 0.29) is 12.3 Å². The molecule has 1 aromatic rings. The summed E-state index contributed by atoms with van der Waals surface area (Å²) in [5.41, 5.74) is 0.776. The Morgan fingerprint density at radius 1 is 1.35 bits per heavy atom. The van der Waals surface area contributed by atoms with Gasteiger partial charge in [0.05, 0.1) is 5.88 Å². The lowest BCUT2D eigenvalue weighted by molar-refractivity contribution is -0.147. The van der Waals surface area contributed by atoms with Gasteiger partial charge in [0.1, 0.15) is 0 Å². The summed E-state index contributed by atoms with van der Waals surface area (Å²) >= 11 is 0. The number of amides is 1. The van der Waals surface area contributed by atoms with E-state index in [1.54, 1.807) is 24.3 Å². The molecule has 0 radical (unpaired) electrons. The Balaban J connectivity index is 1.97. The Kier molecular flexibility index (Phi) is 4.73. The molecule has 6 nitrogen and oxygen atoms in total. The van der Waals surface area contributed by atoms with E-state index < -0.39 is 29.0 Å². The van der Waals surface area contributed by atoms with Gasteiger partial charge in [-0.1, -0.05) is 30.3 Å². The Hall–Kier alpha value is -1.89. The molecule has 0 spiro atoms. The van der Waals surface area contributed by atoms with Crippen LogP contribution in [0.4, 0.5) is 4.79 Å². The second-order valence-corrected chi connectivity index (χ2v) is 5.98. The van der Waals surface area contributed by atoms with Crippen LogP contribution in [0.25, 0.3) is 0 Å². The molecule has 2 unspecified atom stereocenters. The first-order valence-electron chi connectivity index (χ1n) is 6.13. The van der Waals surface area contributed by atoms with E-state index in [0.717, 1.165) is 5.56 Å². The number of benzene rings is 1. The van der Waals surface area contributed by atoms with E-state index in [4.69, 9.17) is 9.84 Å². The summed E-state index contributed by atoms with van der Waals surface area (Å²) in [4.78, 5) is 24.2. The summed E-state index contributed by atoms with van der Waals surface area (Å²) in [7, 11) is -1.06. The second-order valence-electron chi connectivity index (χ2n) is 4.44. The highest BCUT2D eigenvalue weighted by Crippen LogP contribution is 2.11. The van der Waals surface area contributed by atoms with Crippen molar-refractivity contribution in [2.45, 2.75) is 12.5 Å². The van der Waals surface area contributed by atoms with E-state index in [1.165, 1.54) is 4.90 Å². The number of rotatable bonds is 4. The Morgan fingerprint density at radius 3 is 2.60 bits per heavy atom. The predicted molar refractivity (Wildman–Crippen MR) is 72.6 cm³/mol. The van der Waals surface area contributed by atoms with Gasteiger partial charge < -0.3 is 9.84 Å². The average Bonchev–Trinajstić information content (AvgIpc) is 2.86. The molecule has 1 aliphatic heterocycles. The Labute approximate surface area is 118 Å². The predicted octanol–water partition coefficient (Wildman–Crippen LogP) is 0.841. The van der Waals surface area contributed by atoms with Crippen molar-refractivity contribution in [3.05, 3.63) is 35.9 Å². The number of hydrogen-bond acceptors (Lipinski definition) is 4. The number of aliphatic carboxylic acids is 1. The SMILES string of the molecule is O=C(O)C(Cc1ccccc1)OC(=O)N1CCS(=O)C1. The lowest BCUT2D eigenvalue weighted by atomic mass is 10.1. The summed E-state index contributed by atoms with van der Waals surface area (Å²) in [5, 5.41) is 9.12. The first-order chi connectivity index (χ1) is 9.56. The molecule has 0 saturated carbocycles. The van der Waals surface area contributed by atoms with Crippen LogP contribution in [-0.2, 0) is 26.8 Å². The van der Waals surface area contributed by atoms with E-state index >= 15 is 0 Å². The summed E-state index contributed by atoms with van der Waals surface area (Å²) in [6, 6.07) is 8.95. The maximum absolute atomic E-state index is 11.8. The van der Waals surface area contributed by atoms with Crippen molar-refractivity contribution < 1.29 is 23.6 Å². The molecule has 1 heterocycles. The minimum Gasteiger partial charge on any atom is -0.478 e. The van der Waals surface area contributed by atoms with Crippen molar-refractivity contribution in [1.82, 2.24) is 4.90 Å². The highest BCUT2D eigenvalue weighted by atomic mass is 32.2. The van der Waals surface area contributed by atoms with Gasteiger partial charge in [0.2, 0.25) is 6.10 Å². The van der Waals surface area contributed by atoms with Crippen molar-refractivity contribution >= 4 is 22.9 Å². The summed E-state index contributed by atoms with van der Waals surface area (Å²) < 4.78 is 16.2. The van der Waals surface area contributed by atoms with Crippen LogP contribution in [0.15, 0.2) is 30.3 Å². The van der Waals surface area contributed by atoms with Crippen LogP contribution >= 0.6 is 0 Å². The summed E-state index contributed by atoms with van der Waals surface area (Å²) in [6.45, 7) is 0.336. The fourth-order valence-corrected chi connectivity index (χ4v) is 3.00. The van der Waals surface area contributed by atoms with Crippen LogP contribution in [-0.4, -0.2) is 50.6 Å². The van der Waals surface area contributed by atoms with Gasteiger partial charge in [-0.05, 0) is 5.56 Å². The third-order valence-electron chi connectivity index (χ3n) is 2.93. The van der Waals surface area contributed by atoms with Gasteiger partial charge in [-0.3, -0.25) is 9.11 Å². The zero-order valence-corrected chi connectivity index (χ0v) is 11.5. The molecule has 1 fully saturated rings. The highest BCUT2D eigenvalue weighted by molar-refractivity contribution is 7.85. The van der Waals surface area contributed by atoms with Crippen LogP contribution in [0.2, 0.25) is 0 Å². The van der Waals surface area contributed by atoms with Gasteiger partial charge in [0, 0.05) is 29.5 Å². The minimum atomic E-state index is -1.24. The molecule has 20 heavy (non-hydrogen) atoms. The van der Waals surface area contributed by atoms with Gasteiger partial charge in [-0.2, -0.15) is 0 Å². The molecule has 1 saturated heterocycles. The van der Waals surface area contributed by atoms with E-state index in [2.05, 4.69) is 0 Å². The standard InChI is InChI=1S/C13H15NO5S/c15-12(16)11(8-10-4-2-1-3-5-10)19-13(17)14-6-7-20(18)9-14/h1-5,11H,6-9H2,(H,15,16). The molecular formula is C13H15NO5S. The van der Waals surface area contributed by atoms with Crippen LogP contribution < -0.4 is 0 Å². The zero-order valence-electron chi connectivity index (χ0n) is 10.7. The smallest absolute Gasteiger partial charge is 0.411 e. The van der Waals surface area contributed by atoms with E-state index in [9.17, 15) is 13.8 Å². The molecule has 2 atom stereocenters. The van der Waals surface area contributed by atoms with Gasteiger partial charge in [-0.25, -0.2) is 9.59 Å². The summed E-state index contributed by atoms with van der Waals surface area (Å²) in [6.07, 6.45) is -1.85. The number of carboxylic acid groups (broad SMARTS) is 1. The molecule has 0 aromatic heterocycles. The number of carbonyl (C=O) groups excluding carboxylic acids is 1. The fourth-order valence-electron chi connectivity index (χ4n) is 1.86. The van der Waals surface area contributed by atoms with Gasteiger partial charge in [-0.15, -0.1) is 0 Å². The van der Waals surface area contributed by atoms with Crippen LogP contribution in [0.1, 0.15) is 5.56 Å². The number of nitrogens with zero attached hydrogens (tertiary/aromatic N) is 1. The van der Waals surface area contributed by atoms with Crippen LogP contribution in [0, 0.1) is 0 Å². The van der Waals surface area contributed by atoms with E-state index in [0.29, 0.717) is 12.3 Å². The van der Waals surface area contributed by atoms with Crippen molar-refractivity contribution in [2.24, 2.45) is 0 Å². The molecule has 1 amide bonds.